The molecule has 2 aromatic carbocycles. The molecule has 0 atom stereocenters. The van der Waals surface area contributed by atoms with Crippen LogP contribution in [-0.4, -0.2) is 52.5 Å². The predicted molar refractivity (Wildman–Crippen MR) is 123 cm³/mol. The first-order chi connectivity index (χ1) is 16.0. The monoisotopic (exact) mass is 447 g/mol. The SMILES string of the molecule is CCCN1CCc2nc3ccccc3c(C(=O)OCC(=O)Nc3ccc(C(=O)O)cc3)c2C1. The van der Waals surface area contributed by atoms with Crippen LogP contribution in [0.15, 0.2) is 48.5 Å². The molecule has 1 amide bonds. The highest BCUT2D eigenvalue weighted by molar-refractivity contribution is 6.06. The van der Waals surface area contributed by atoms with Crippen molar-refractivity contribution in [1.29, 1.82) is 0 Å². The Morgan fingerprint density at radius 3 is 2.61 bits per heavy atom. The van der Waals surface area contributed by atoms with E-state index in [4.69, 9.17) is 14.8 Å². The first-order valence-corrected chi connectivity index (χ1v) is 10.9. The Hall–Kier alpha value is -3.78. The Balaban J connectivity index is 1.52. The molecule has 0 bridgehead atoms. The van der Waals surface area contributed by atoms with Gasteiger partial charge < -0.3 is 15.2 Å². The lowest BCUT2D eigenvalue weighted by Gasteiger charge is -2.29. The van der Waals surface area contributed by atoms with E-state index >= 15 is 0 Å². The number of nitrogens with zero attached hydrogens (tertiary/aromatic N) is 2. The van der Waals surface area contributed by atoms with E-state index in [1.807, 2.05) is 24.3 Å². The molecular formula is C25H25N3O5. The van der Waals surface area contributed by atoms with Gasteiger partial charge in [-0.25, -0.2) is 9.59 Å². The van der Waals surface area contributed by atoms with Gasteiger partial charge in [0.25, 0.3) is 5.91 Å². The summed E-state index contributed by atoms with van der Waals surface area (Å²) in [5, 5.41) is 12.3. The smallest absolute Gasteiger partial charge is 0.339 e. The molecule has 1 aliphatic rings. The van der Waals surface area contributed by atoms with Crippen molar-refractivity contribution < 1.29 is 24.2 Å². The average Bonchev–Trinajstić information content (AvgIpc) is 2.81. The molecule has 0 saturated carbocycles. The fourth-order valence-corrected chi connectivity index (χ4v) is 4.08. The number of hydrogen-bond acceptors (Lipinski definition) is 6. The first-order valence-electron chi connectivity index (χ1n) is 10.9. The Labute approximate surface area is 191 Å². The first kappa shape index (κ1) is 22.4. The van der Waals surface area contributed by atoms with Gasteiger partial charge in [-0.3, -0.25) is 14.7 Å². The molecule has 0 radical (unpaired) electrons. The number of anilines is 1. The fourth-order valence-electron chi connectivity index (χ4n) is 4.08. The Morgan fingerprint density at radius 2 is 1.88 bits per heavy atom. The summed E-state index contributed by atoms with van der Waals surface area (Å²) in [5.74, 6) is -2.11. The molecule has 1 aliphatic heterocycles. The molecule has 8 heteroatoms. The second-order valence-corrected chi connectivity index (χ2v) is 7.96. The van der Waals surface area contributed by atoms with Crippen molar-refractivity contribution in [3.8, 4) is 0 Å². The molecule has 2 heterocycles. The van der Waals surface area contributed by atoms with E-state index in [-0.39, 0.29) is 5.56 Å². The summed E-state index contributed by atoms with van der Waals surface area (Å²) in [7, 11) is 0. The van der Waals surface area contributed by atoms with Crippen molar-refractivity contribution in [2.45, 2.75) is 26.3 Å². The van der Waals surface area contributed by atoms with Crippen molar-refractivity contribution in [3.05, 3.63) is 70.9 Å². The number of esters is 1. The molecular weight excluding hydrogens is 422 g/mol. The molecule has 4 rings (SSSR count). The summed E-state index contributed by atoms with van der Waals surface area (Å²) in [5.41, 5.74) is 3.50. The van der Waals surface area contributed by atoms with E-state index in [0.29, 0.717) is 23.2 Å². The number of aromatic nitrogens is 1. The quantitative estimate of drug-likeness (QED) is 0.534. The molecule has 170 valence electrons. The van der Waals surface area contributed by atoms with Gasteiger partial charge in [-0.2, -0.15) is 0 Å². The van der Waals surface area contributed by atoms with Crippen molar-refractivity contribution in [1.82, 2.24) is 9.88 Å². The molecule has 1 aromatic heterocycles. The third-order valence-electron chi connectivity index (χ3n) is 5.62. The lowest BCUT2D eigenvalue weighted by atomic mass is 9.95. The summed E-state index contributed by atoms with van der Waals surface area (Å²) in [6.07, 6.45) is 1.77. The summed E-state index contributed by atoms with van der Waals surface area (Å²) in [4.78, 5) is 43.5. The van der Waals surface area contributed by atoms with Crippen LogP contribution in [0.3, 0.4) is 0 Å². The largest absolute Gasteiger partial charge is 0.478 e. The fraction of sp³-hybridized carbons (Fsp3) is 0.280. The maximum atomic E-state index is 13.2. The van der Waals surface area contributed by atoms with E-state index in [2.05, 4.69) is 17.1 Å². The van der Waals surface area contributed by atoms with E-state index in [1.165, 1.54) is 24.3 Å². The minimum atomic E-state index is -1.05. The number of benzene rings is 2. The molecule has 0 fully saturated rings. The van der Waals surface area contributed by atoms with Crippen molar-refractivity contribution in [3.63, 3.8) is 0 Å². The molecule has 0 unspecified atom stereocenters. The second-order valence-electron chi connectivity index (χ2n) is 7.96. The zero-order valence-corrected chi connectivity index (χ0v) is 18.3. The molecule has 3 aromatic rings. The van der Waals surface area contributed by atoms with Crippen molar-refractivity contribution >= 4 is 34.4 Å². The maximum Gasteiger partial charge on any atom is 0.339 e. The lowest BCUT2D eigenvalue weighted by Crippen LogP contribution is -2.33. The zero-order valence-electron chi connectivity index (χ0n) is 18.3. The highest BCUT2D eigenvalue weighted by Gasteiger charge is 2.26. The molecule has 0 aliphatic carbocycles. The second kappa shape index (κ2) is 9.79. The number of pyridine rings is 1. The van der Waals surface area contributed by atoms with Crippen LogP contribution in [0.25, 0.3) is 10.9 Å². The Bertz CT molecular complexity index is 1210. The van der Waals surface area contributed by atoms with Crippen LogP contribution < -0.4 is 5.32 Å². The van der Waals surface area contributed by atoms with E-state index in [1.54, 1.807) is 0 Å². The topological polar surface area (TPSA) is 109 Å². The normalized spacial score (nSPS) is 13.4. The van der Waals surface area contributed by atoms with Crippen molar-refractivity contribution in [2.24, 2.45) is 0 Å². The zero-order chi connectivity index (χ0) is 23.4. The highest BCUT2D eigenvalue weighted by Crippen LogP contribution is 2.29. The number of aromatic carboxylic acids is 1. The molecule has 2 N–H and O–H groups in total. The van der Waals surface area contributed by atoms with Crippen LogP contribution in [0.5, 0.6) is 0 Å². The minimum absolute atomic E-state index is 0.117. The standard InChI is InChI=1S/C25H25N3O5/c1-2-12-28-13-11-21-19(14-28)23(18-5-3-4-6-20(18)27-21)25(32)33-15-22(29)26-17-9-7-16(8-10-17)24(30)31/h3-10H,2,11-15H2,1H3,(H,26,29)(H,30,31). The Kier molecular flexibility index (Phi) is 6.65. The number of carboxylic acid groups (broad SMARTS) is 1. The summed E-state index contributed by atoms with van der Waals surface area (Å²) in [6, 6.07) is 13.2. The van der Waals surface area contributed by atoms with Gasteiger partial charge in [-0.1, -0.05) is 25.1 Å². The predicted octanol–water partition coefficient (Wildman–Crippen LogP) is 3.50. The van der Waals surface area contributed by atoms with Crippen LogP contribution in [-0.2, 0) is 22.5 Å². The molecule has 0 spiro atoms. The number of hydrogen-bond donors (Lipinski definition) is 2. The van der Waals surface area contributed by atoms with Gasteiger partial charge in [0.1, 0.15) is 0 Å². The summed E-state index contributed by atoms with van der Waals surface area (Å²) >= 11 is 0. The summed E-state index contributed by atoms with van der Waals surface area (Å²) in [6.45, 7) is 4.11. The molecule has 8 nitrogen and oxygen atoms in total. The molecule has 33 heavy (non-hydrogen) atoms. The van der Waals surface area contributed by atoms with Gasteiger partial charge >= 0.3 is 11.9 Å². The molecule has 0 saturated heterocycles. The number of amides is 1. The number of rotatable bonds is 7. The lowest BCUT2D eigenvalue weighted by molar-refractivity contribution is -0.119. The van der Waals surface area contributed by atoms with Crippen LogP contribution in [0.4, 0.5) is 5.69 Å². The van der Waals surface area contributed by atoms with E-state index < -0.39 is 24.5 Å². The van der Waals surface area contributed by atoms with Gasteiger partial charge in [0.05, 0.1) is 16.6 Å². The number of carbonyl (C=O) groups excluding carboxylic acids is 2. The Morgan fingerprint density at radius 1 is 1.12 bits per heavy atom. The van der Waals surface area contributed by atoms with Crippen molar-refractivity contribution in [2.75, 3.05) is 25.0 Å². The minimum Gasteiger partial charge on any atom is -0.478 e. The maximum absolute atomic E-state index is 13.2. The number of nitrogens with one attached hydrogen (secondary N) is 1. The van der Waals surface area contributed by atoms with Crippen LogP contribution in [0.1, 0.15) is 45.3 Å². The number of fused-ring (bicyclic) bond motifs is 2. The van der Waals surface area contributed by atoms with Crippen LogP contribution in [0.2, 0.25) is 0 Å². The third-order valence-corrected chi connectivity index (χ3v) is 5.62. The van der Waals surface area contributed by atoms with Gasteiger partial charge in [-0.15, -0.1) is 0 Å². The van der Waals surface area contributed by atoms with Gasteiger partial charge in [0.15, 0.2) is 6.61 Å². The number of carbonyl (C=O) groups is 3. The van der Waals surface area contributed by atoms with E-state index in [9.17, 15) is 14.4 Å². The third kappa shape index (κ3) is 5.01. The van der Waals surface area contributed by atoms with Gasteiger partial charge in [-0.05, 0) is 43.3 Å². The van der Waals surface area contributed by atoms with Gasteiger partial charge in [0.2, 0.25) is 0 Å². The summed E-state index contributed by atoms with van der Waals surface area (Å²) < 4.78 is 5.40. The number of ether oxygens (including phenoxy) is 1. The highest BCUT2D eigenvalue weighted by atomic mass is 16.5. The van der Waals surface area contributed by atoms with Gasteiger partial charge in [0, 0.05) is 41.8 Å². The van der Waals surface area contributed by atoms with Crippen LogP contribution in [0, 0.1) is 0 Å². The number of carboxylic acids is 1. The van der Waals surface area contributed by atoms with Crippen LogP contribution >= 0.6 is 0 Å². The van der Waals surface area contributed by atoms with E-state index in [0.717, 1.165) is 42.7 Å². The average molecular weight is 447 g/mol. The number of para-hydroxylation sites is 1.